The monoisotopic (exact) mass is 402 g/mol. The Kier molecular flexibility index (Phi) is 5.81. The first kappa shape index (κ1) is 20.8. The van der Waals surface area contributed by atoms with E-state index < -0.39 is 26.2 Å². The fourth-order valence-electron chi connectivity index (χ4n) is 3.19. The molecule has 26 heavy (non-hydrogen) atoms. The third-order valence-corrected chi connectivity index (χ3v) is 7.62. The number of carbonyl (C=O) groups is 1. The number of nitrogens with two attached hydrogens (primary N) is 1. The van der Waals surface area contributed by atoms with Crippen molar-refractivity contribution in [2.24, 2.45) is 10.9 Å². The molecule has 0 bridgehead atoms. The Labute approximate surface area is 158 Å². The van der Waals surface area contributed by atoms with Gasteiger partial charge in [0.15, 0.2) is 5.54 Å². The number of thiol groups is 1. The molecule has 1 saturated heterocycles. The van der Waals surface area contributed by atoms with Crippen LogP contribution in [0.4, 0.5) is 0 Å². The number of carbonyl (C=O) groups excluding carboxylic acids is 1. The van der Waals surface area contributed by atoms with E-state index in [2.05, 4.69) is 18.0 Å². The van der Waals surface area contributed by atoms with Gasteiger partial charge in [-0.15, -0.1) is 0 Å². The molecule has 0 amide bonds. The van der Waals surface area contributed by atoms with Crippen molar-refractivity contribution >= 4 is 28.6 Å². The lowest BCUT2D eigenvalue weighted by atomic mass is 9.81. The number of rotatable bonds is 6. The third kappa shape index (κ3) is 3.26. The highest BCUT2D eigenvalue weighted by Gasteiger charge is 2.67. The van der Waals surface area contributed by atoms with Crippen molar-refractivity contribution < 1.29 is 21.8 Å². The molecule has 1 fully saturated rings. The van der Waals surface area contributed by atoms with Crippen LogP contribution in [0.25, 0.3) is 0 Å². The van der Waals surface area contributed by atoms with Crippen LogP contribution in [0.1, 0.15) is 19.8 Å². The molecule has 0 radical (unpaired) electrons. The lowest BCUT2D eigenvalue weighted by Gasteiger charge is -2.45. The molecule has 1 aliphatic heterocycles. The number of likely N-dealkylation sites (tertiary alicyclic amines) is 1. The Hall–Kier alpha value is -1.49. The lowest BCUT2D eigenvalue weighted by molar-refractivity contribution is -0.778. The van der Waals surface area contributed by atoms with Crippen molar-refractivity contribution in [3.63, 3.8) is 0 Å². The summed E-state index contributed by atoms with van der Waals surface area (Å²) in [7, 11) is -2.63. The predicted molar refractivity (Wildman–Crippen MR) is 99.8 cm³/mol. The zero-order valence-electron chi connectivity index (χ0n) is 14.8. The van der Waals surface area contributed by atoms with Crippen molar-refractivity contribution in [2.75, 3.05) is 26.7 Å². The summed E-state index contributed by atoms with van der Waals surface area (Å²) in [6.07, 6.45) is -0.00421. The van der Waals surface area contributed by atoms with E-state index in [9.17, 15) is 18.1 Å². The van der Waals surface area contributed by atoms with Crippen molar-refractivity contribution in [3.8, 4) is 0 Å². The molecular weight excluding hydrogens is 378 g/mol. The average molecular weight is 403 g/mol. The quantitative estimate of drug-likeness (QED) is 0.320. The van der Waals surface area contributed by atoms with Crippen LogP contribution in [0, 0.1) is 4.91 Å². The van der Waals surface area contributed by atoms with Crippen LogP contribution in [0.15, 0.2) is 40.4 Å². The number of quaternary nitrogens is 1. The van der Waals surface area contributed by atoms with Crippen LogP contribution >= 0.6 is 12.8 Å². The first-order valence-electron chi connectivity index (χ1n) is 8.24. The summed E-state index contributed by atoms with van der Waals surface area (Å²) in [5.74, 6) is -1.17. The average Bonchev–Trinajstić information content (AvgIpc) is 2.62. The summed E-state index contributed by atoms with van der Waals surface area (Å²) in [5, 5.41) is 3.11. The summed E-state index contributed by atoms with van der Waals surface area (Å²) in [5.41, 5.74) is 4.42. The van der Waals surface area contributed by atoms with Crippen LogP contribution in [-0.4, -0.2) is 55.4 Å². The molecule has 8 nitrogen and oxygen atoms in total. The van der Waals surface area contributed by atoms with E-state index in [1.807, 2.05) is 7.05 Å². The topological polar surface area (TPSA) is 116 Å². The van der Waals surface area contributed by atoms with Gasteiger partial charge in [-0.05, 0) is 19.1 Å². The summed E-state index contributed by atoms with van der Waals surface area (Å²) in [6.45, 7) is 2.13. The van der Waals surface area contributed by atoms with Crippen LogP contribution in [0.2, 0.25) is 0 Å². The Morgan fingerprint density at radius 1 is 1.35 bits per heavy atom. The molecule has 1 aliphatic rings. The minimum Gasteiger partial charge on any atom is -0.464 e. The lowest BCUT2D eigenvalue weighted by Crippen LogP contribution is -2.72. The molecule has 1 aromatic rings. The second-order valence-electron chi connectivity index (χ2n) is 6.68. The van der Waals surface area contributed by atoms with Gasteiger partial charge in [0.25, 0.3) is 4.87 Å². The van der Waals surface area contributed by atoms with Gasteiger partial charge in [-0.2, -0.15) is 4.91 Å². The number of sulfone groups is 1. The molecular formula is C16H24N3O5S2+. The molecule has 0 saturated carbocycles. The molecule has 2 rings (SSSR count). The number of hydrogen-bond donors (Lipinski definition) is 2. The maximum atomic E-state index is 13.3. The second kappa shape index (κ2) is 7.26. The van der Waals surface area contributed by atoms with Gasteiger partial charge in [-0.3, -0.25) is 3.89 Å². The molecule has 1 unspecified atom stereocenters. The molecule has 1 heterocycles. The molecule has 10 heteroatoms. The number of hydrogen-bond acceptors (Lipinski definition) is 8. The minimum atomic E-state index is -4.45. The van der Waals surface area contributed by atoms with E-state index in [0.29, 0.717) is 13.1 Å². The van der Waals surface area contributed by atoms with E-state index in [4.69, 9.17) is 10.5 Å². The number of ether oxygens (including phenoxy) is 1. The van der Waals surface area contributed by atoms with Gasteiger partial charge in [-0.25, -0.2) is 13.2 Å². The number of nitroso groups, excluding NO2 is 1. The van der Waals surface area contributed by atoms with Crippen molar-refractivity contribution in [2.45, 2.75) is 35.1 Å². The fraction of sp³-hybridized carbons (Fsp3) is 0.562. The largest absolute Gasteiger partial charge is 0.464 e. The predicted octanol–water partition coefficient (Wildman–Crippen LogP) is 1.27. The summed E-state index contributed by atoms with van der Waals surface area (Å²) < 4.78 is 32.0. The van der Waals surface area contributed by atoms with Gasteiger partial charge >= 0.3 is 5.97 Å². The molecule has 0 aromatic heterocycles. The molecule has 1 aromatic carbocycles. The molecule has 1 atom stereocenters. The molecule has 0 aliphatic carbocycles. The number of benzene rings is 1. The van der Waals surface area contributed by atoms with Gasteiger partial charge in [0.2, 0.25) is 9.84 Å². The van der Waals surface area contributed by atoms with E-state index in [-0.39, 0.29) is 28.2 Å². The maximum absolute atomic E-state index is 13.3. The standard InChI is InChI=1S/C16H24N3O5S2/c1-3-24-14(20)16(17,26(22,23)13-7-5-4-6-8-13)15(18-21)9-11-19(2,25)12-10-15/h4-8,25H,3,9-12,17H2,1-2H3/q+1. The highest BCUT2D eigenvalue weighted by molar-refractivity contribution is 7.93. The summed E-state index contributed by atoms with van der Waals surface area (Å²) in [6, 6.07) is 7.33. The first-order valence-corrected chi connectivity index (χ1v) is 10.1. The first-order chi connectivity index (χ1) is 12.1. The Morgan fingerprint density at radius 2 is 1.88 bits per heavy atom. The summed E-state index contributed by atoms with van der Waals surface area (Å²) in [4.78, 5) is 21.9. The van der Waals surface area contributed by atoms with E-state index in [1.165, 1.54) is 31.2 Å². The van der Waals surface area contributed by atoms with Crippen LogP contribution in [0.5, 0.6) is 0 Å². The normalized spacial score (nSPS) is 28.8. The minimum absolute atomic E-state index is 0.00211. The van der Waals surface area contributed by atoms with Gasteiger partial charge in [-0.1, -0.05) is 23.4 Å². The third-order valence-electron chi connectivity index (χ3n) is 4.94. The fourth-order valence-corrected chi connectivity index (χ4v) is 5.30. The Balaban J connectivity index is 2.66. The Bertz CT molecular complexity index is 772. The number of esters is 1. The van der Waals surface area contributed by atoms with Crippen LogP contribution < -0.4 is 5.73 Å². The Morgan fingerprint density at radius 3 is 2.35 bits per heavy atom. The SMILES string of the molecule is CCOC(=O)C(N)(C1(N=O)CC[N+](C)(S)CC1)S(=O)(=O)c1ccccc1. The van der Waals surface area contributed by atoms with E-state index in [0.717, 1.165) is 0 Å². The van der Waals surface area contributed by atoms with E-state index >= 15 is 0 Å². The highest BCUT2D eigenvalue weighted by Crippen LogP contribution is 2.43. The zero-order valence-corrected chi connectivity index (χ0v) is 16.5. The maximum Gasteiger partial charge on any atom is 0.345 e. The molecule has 2 N–H and O–H groups in total. The van der Waals surface area contributed by atoms with Gasteiger partial charge < -0.3 is 10.5 Å². The van der Waals surface area contributed by atoms with E-state index in [1.54, 1.807) is 6.07 Å². The van der Waals surface area contributed by atoms with Crippen LogP contribution in [0.3, 0.4) is 0 Å². The molecule has 0 spiro atoms. The summed E-state index contributed by atoms with van der Waals surface area (Å²) >= 11 is 4.45. The van der Waals surface area contributed by atoms with Gasteiger partial charge in [0.1, 0.15) is 0 Å². The number of nitrogens with zero attached hydrogens (tertiary/aromatic N) is 2. The molecule has 144 valence electrons. The van der Waals surface area contributed by atoms with Crippen molar-refractivity contribution in [1.82, 2.24) is 0 Å². The zero-order chi connectivity index (χ0) is 19.6. The highest BCUT2D eigenvalue weighted by atomic mass is 32.2. The number of piperidine rings is 1. The smallest absolute Gasteiger partial charge is 0.345 e. The van der Waals surface area contributed by atoms with Crippen molar-refractivity contribution in [3.05, 3.63) is 35.2 Å². The van der Waals surface area contributed by atoms with Crippen LogP contribution in [-0.2, 0) is 19.4 Å². The van der Waals surface area contributed by atoms with Crippen molar-refractivity contribution in [1.29, 1.82) is 0 Å². The second-order valence-corrected chi connectivity index (χ2v) is 9.77. The van der Waals surface area contributed by atoms with Gasteiger partial charge in [0.05, 0.1) is 44.5 Å². The van der Waals surface area contributed by atoms with Gasteiger partial charge in [0, 0.05) is 12.8 Å².